The first kappa shape index (κ1) is 35.9. The maximum absolute atomic E-state index is 13.3. The summed E-state index contributed by atoms with van der Waals surface area (Å²) < 4.78 is 0. The fraction of sp³-hybridized carbons (Fsp3) is 0.688. The van der Waals surface area contributed by atoms with E-state index >= 15 is 0 Å². The molecular weight excluding hydrogens is 518 g/mol. The smallest absolute Gasteiger partial charge is 0.312 e. The van der Waals surface area contributed by atoms with Gasteiger partial charge in [-0.05, 0) is 66.5 Å². The van der Waals surface area contributed by atoms with E-state index in [9.17, 15) is 19.2 Å². The van der Waals surface area contributed by atoms with Crippen molar-refractivity contribution in [3.05, 3.63) is 29.8 Å². The number of carbonyl (C=O) groups excluding carboxylic acids is 4. The summed E-state index contributed by atoms with van der Waals surface area (Å²) >= 11 is 0. The van der Waals surface area contributed by atoms with E-state index in [1.165, 1.54) is 5.56 Å². The van der Waals surface area contributed by atoms with Crippen LogP contribution in [0.4, 0.5) is 10.5 Å². The molecule has 1 rings (SSSR count). The van der Waals surface area contributed by atoms with Crippen molar-refractivity contribution in [3.63, 3.8) is 0 Å². The van der Waals surface area contributed by atoms with Crippen molar-refractivity contribution in [2.24, 2.45) is 22.5 Å². The van der Waals surface area contributed by atoms with Crippen LogP contribution in [0.3, 0.4) is 0 Å². The Balaban J connectivity index is 2.84. The first-order valence-electron chi connectivity index (χ1n) is 15.0. The zero-order chi connectivity index (χ0) is 31.2. The van der Waals surface area contributed by atoms with Crippen molar-refractivity contribution in [2.75, 3.05) is 11.9 Å². The van der Waals surface area contributed by atoms with Gasteiger partial charge < -0.3 is 27.0 Å². The molecule has 9 nitrogen and oxygen atoms in total. The molecule has 1 aromatic rings. The fourth-order valence-corrected chi connectivity index (χ4v) is 4.49. The maximum Gasteiger partial charge on any atom is 0.312 e. The van der Waals surface area contributed by atoms with E-state index in [1.54, 1.807) is 0 Å². The minimum absolute atomic E-state index is 0.147. The van der Waals surface area contributed by atoms with Gasteiger partial charge in [-0.25, -0.2) is 4.79 Å². The summed E-state index contributed by atoms with van der Waals surface area (Å²) in [4.78, 5) is 50.3. The van der Waals surface area contributed by atoms with Gasteiger partial charge in [0.25, 0.3) is 0 Å². The SMILES string of the molecule is CC(C)[C@H](NC(=O)CCCCCC(C)(C)C)C(=O)N[C@@H](CCCNC(N)=O)C(=O)Nc1ccc(CC(C)(C)C)cc1. The molecule has 1 aromatic carbocycles. The summed E-state index contributed by atoms with van der Waals surface area (Å²) in [6, 6.07) is 5.40. The Morgan fingerprint density at radius 3 is 1.98 bits per heavy atom. The van der Waals surface area contributed by atoms with Crippen LogP contribution in [0.2, 0.25) is 0 Å². The van der Waals surface area contributed by atoms with Gasteiger partial charge in [-0.1, -0.05) is 80.4 Å². The topological polar surface area (TPSA) is 142 Å². The Kier molecular flexibility index (Phi) is 14.9. The molecule has 0 fully saturated rings. The third-order valence-electron chi connectivity index (χ3n) is 6.65. The lowest BCUT2D eigenvalue weighted by Crippen LogP contribution is -2.54. The Morgan fingerprint density at radius 1 is 0.805 bits per heavy atom. The largest absolute Gasteiger partial charge is 0.352 e. The minimum atomic E-state index is -0.859. The van der Waals surface area contributed by atoms with Crippen LogP contribution in [-0.4, -0.2) is 42.4 Å². The van der Waals surface area contributed by atoms with Crippen LogP contribution in [0.25, 0.3) is 0 Å². The molecule has 0 bridgehead atoms. The molecular formula is C32H55N5O4. The number of primary amides is 1. The third kappa shape index (κ3) is 16.7. The highest BCUT2D eigenvalue weighted by Crippen LogP contribution is 2.23. The van der Waals surface area contributed by atoms with Gasteiger partial charge in [-0.3, -0.25) is 14.4 Å². The van der Waals surface area contributed by atoms with E-state index in [4.69, 9.17) is 5.73 Å². The van der Waals surface area contributed by atoms with Gasteiger partial charge in [-0.2, -0.15) is 0 Å². The van der Waals surface area contributed by atoms with E-state index in [-0.39, 0.29) is 41.5 Å². The van der Waals surface area contributed by atoms with Crippen molar-refractivity contribution in [1.29, 1.82) is 0 Å². The van der Waals surface area contributed by atoms with Crippen LogP contribution in [0.15, 0.2) is 24.3 Å². The summed E-state index contributed by atoms with van der Waals surface area (Å²) in [6.07, 6.45) is 5.87. The van der Waals surface area contributed by atoms with E-state index < -0.39 is 24.0 Å². The molecule has 0 heterocycles. The van der Waals surface area contributed by atoms with E-state index in [1.807, 2.05) is 38.1 Å². The van der Waals surface area contributed by atoms with Crippen molar-refractivity contribution in [2.45, 2.75) is 119 Å². The predicted octanol–water partition coefficient (Wildman–Crippen LogP) is 5.28. The number of benzene rings is 1. The number of anilines is 1. The summed E-state index contributed by atoms with van der Waals surface area (Å²) in [5.41, 5.74) is 7.37. The van der Waals surface area contributed by atoms with E-state index in [0.29, 0.717) is 18.5 Å². The van der Waals surface area contributed by atoms with Crippen LogP contribution in [-0.2, 0) is 20.8 Å². The number of unbranched alkanes of at least 4 members (excludes halogenated alkanes) is 2. The lowest BCUT2D eigenvalue weighted by molar-refractivity contribution is -0.132. The lowest BCUT2D eigenvalue weighted by atomic mass is 9.88. The highest BCUT2D eigenvalue weighted by atomic mass is 16.2. The summed E-state index contributed by atoms with van der Waals surface area (Å²) in [7, 11) is 0. The molecule has 41 heavy (non-hydrogen) atoms. The highest BCUT2D eigenvalue weighted by molar-refractivity contribution is 5.98. The maximum atomic E-state index is 13.3. The zero-order valence-corrected chi connectivity index (χ0v) is 26.6. The van der Waals surface area contributed by atoms with Gasteiger partial charge in [0.1, 0.15) is 12.1 Å². The molecule has 0 aliphatic carbocycles. The summed E-state index contributed by atoms with van der Waals surface area (Å²) in [5.74, 6) is -1.12. The number of nitrogens with one attached hydrogen (secondary N) is 4. The minimum Gasteiger partial charge on any atom is -0.352 e. The summed E-state index contributed by atoms with van der Waals surface area (Å²) in [5, 5.41) is 11.1. The number of nitrogens with two attached hydrogens (primary N) is 1. The molecule has 9 heteroatoms. The van der Waals surface area contributed by atoms with Gasteiger partial charge in [0.05, 0.1) is 0 Å². The molecule has 0 aliphatic heterocycles. The predicted molar refractivity (Wildman–Crippen MR) is 166 cm³/mol. The molecule has 0 radical (unpaired) electrons. The van der Waals surface area contributed by atoms with E-state index in [0.717, 1.165) is 32.1 Å². The molecule has 6 N–H and O–H groups in total. The number of urea groups is 1. The second-order valence-electron chi connectivity index (χ2n) is 13.8. The number of carbonyl (C=O) groups is 4. The monoisotopic (exact) mass is 573 g/mol. The first-order valence-corrected chi connectivity index (χ1v) is 15.0. The van der Waals surface area contributed by atoms with Crippen LogP contribution < -0.4 is 27.0 Å². The van der Waals surface area contributed by atoms with Crippen LogP contribution in [0.5, 0.6) is 0 Å². The molecule has 0 saturated heterocycles. The zero-order valence-electron chi connectivity index (χ0n) is 26.6. The normalized spacial score (nSPS) is 13.3. The number of rotatable bonds is 16. The Labute approximate surface area is 247 Å². The van der Waals surface area contributed by atoms with E-state index in [2.05, 4.69) is 62.8 Å². The second-order valence-corrected chi connectivity index (χ2v) is 13.8. The van der Waals surface area contributed by atoms with Crippen LogP contribution in [0.1, 0.15) is 106 Å². The number of amides is 5. The van der Waals surface area contributed by atoms with Crippen molar-refractivity contribution < 1.29 is 19.2 Å². The highest BCUT2D eigenvalue weighted by Gasteiger charge is 2.28. The quantitative estimate of drug-likeness (QED) is 0.171. The third-order valence-corrected chi connectivity index (χ3v) is 6.65. The Bertz CT molecular complexity index is 977. The fourth-order valence-electron chi connectivity index (χ4n) is 4.49. The lowest BCUT2D eigenvalue weighted by Gasteiger charge is -2.25. The van der Waals surface area contributed by atoms with Gasteiger partial charge in [-0.15, -0.1) is 0 Å². The average molecular weight is 574 g/mol. The van der Waals surface area contributed by atoms with Gasteiger partial charge in [0.15, 0.2) is 0 Å². The molecule has 0 unspecified atom stereocenters. The van der Waals surface area contributed by atoms with Crippen molar-refractivity contribution in [3.8, 4) is 0 Å². The van der Waals surface area contributed by atoms with Gasteiger partial charge >= 0.3 is 6.03 Å². The standard InChI is InChI=1S/C32H55N5O4/c1-22(2)27(37-26(38)14-10-9-11-19-31(3,4)5)29(40)36-25(13-12-20-34-30(33)41)28(39)35-24-17-15-23(16-18-24)21-32(6,7)8/h15-18,22,25,27H,9-14,19-21H2,1-8H3,(H,35,39)(H,36,40)(H,37,38)(H3,33,34,41)/t25-,27-/m0/s1. The molecule has 5 amide bonds. The van der Waals surface area contributed by atoms with Gasteiger partial charge in [0.2, 0.25) is 17.7 Å². The molecule has 2 atom stereocenters. The molecule has 232 valence electrons. The van der Waals surface area contributed by atoms with Gasteiger partial charge in [0, 0.05) is 18.7 Å². The number of hydrogen-bond donors (Lipinski definition) is 5. The molecule has 0 spiro atoms. The number of hydrogen-bond acceptors (Lipinski definition) is 4. The average Bonchev–Trinajstić information content (AvgIpc) is 2.83. The van der Waals surface area contributed by atoms with Crippen LogP contribution >= 0.6 is 0 Å². The van der Waals surface area contributed by atoms with Crippen LogP contribution in [0, 0.1) is 16.7 Å². The second kappa shape index (κ2) is 17.0. The molecule has 0 aliphatic rings. The molecule has 0 saturated carbocycles. The summed E-state index contributed by atoms with van der Waals surface area (Å²) in [6.45, 7) is 17.1. The Hall–Kier alpha value is -3.10. The van der Waals surface area contributed by atoms with Crippen molar-refractivity contribution in [1.82, 2.24) is 16.0 Å². The first-order chi connectivity index (χ1) is 19.0. The molecule has 0 aromatic heterocycles. The van der Waals surface area contributed by atoms with Crippen molar-refractivity contribution >= 4 is 29.4 Å². The Morgan fingerprint density at radius 2 is 1.44 bits per heavy atom.